The Bertz CT molecular complexity index is 1610. The van der Waals surface area contributed by atoms with Gasteiger partial charge in [0.05, 0.1) is 37.9 Å². The molecular weight excluding hydrogens is 492 g/mol. The molecule has 7 rings (SSSR count). The molecule has 39 heavy (non-hydrogen) atoms. The van der Waals surface area contributed by atoms with Crippen LogP contribution >= 0.6 is 0 Å². The molecule has 2 fully saturated rings. The molecule has 5 heterocycles. The minimum Gasteiger partial charge on any atom is -0.379 e. The Morgan fingerprint density at radius 2 is 1.67 bits per heavy atom. The number of aromatic nitrogens is 5. The van der Waals surface area contributed by atoms with E-state index in [2.05, 4.69) is 46.3 Å². The Hall–Kier alpha value is -4.08. The average Bonchev–Trinajstić information content (AvgIpc) is 3.35. The van der Waals surface area contributed by atoms with Gasteiger partial charge in [-0.2, -0.15) is 10.2 Å². The van der Waals surface area contributed by atoms with Crippen molar-refractivity contribution in [3.8, 4) is 22.5 Å². The zero-order valence-corrected chi connectivity index (χ0v) is 21.7. The molecule has 1 aromatic heterocycles. The smallest absolute Gasteiger partial charge is 0.297 e. The summed E-state index contributed by atoms with van der Waals surface area (Å²) >= 11 is 0. The van der Waals surface area contributed by atoms with Gasteiger partial charge in [0, 0.05) is 36.8 Å². The molecule has 0 radical (unpaired) electrons. The number of nitrogens with zero attached hydrogens (tertiary/aromatic N) is 6. The number of morpholine rings is 1. The second kappa shape index (κ2) is 10.2. The van der Waals surface area contributed by atoms with Crippen molar-refractivity contribution in [2.45, 2.75) is 25.4 Å². The summed E-state index contributed by atoms with van der Waals surface area (Å²) in [5, 5.41) is 10.5. The number of anilines is 1. The maximum absolute atomic E-state index is 13.4. The number of pyridine rings is 1. The third kappa shape index (κ3) is 4.57. The Balaban J connectivity index is 1.17. The molecule has 9 heteroatoms. The van der Waals surface area contributed by atoms with Crippen LogP contribution in [0.5, 0.6) is 0 Å². The van der Waals surface area contributed by atoms with E-state index in [9.17, 15) is 4.79 Å². The second-order valence-electron chi connectivity index (χ2n) is 10.2. The van der Waals surface area contributed by atoms with Gasteiger partial charge < -0.3 is 14.4 Å². The van der Waals surface area contributed by atoms with Gasteiger partial charge in [-0.05, 0) is 42.2 Å². The van der Waals surface area contributed by atoms with E-state index in [1.54, 1.807) is 4.68 Å². The highest BCUT2D eigenvalue weighted by molar-refractivity contribution is 5.92. The maximum Gasteiger partial charge on any atom is 0.297 e. The van der Waals surface area contributed by atoms with Crippen molar-refractivity contribution in [2.24, 2.45) is 0 Å². The highest BCUT2D eigenvalue weighted by Gasteiger charge is 2.27. The first kappa shape index (κ1) is 24.0. The monoisotopic (exact) mass is 522 g/mol. The summed E-state index contributed by atoms with van der Waals surface area (Å²) in [6.45, 7) is 5.03. The fourth-order valence-electron chi connectivity index (χ4n) is 5.55. The highest BCUT2D eigenvalue weighted by atomic mass is 16.5. The Labute approximate surface area is 225 Å². The van der Waals surface area contributed by atoms with E-state index in [-0.39, 0.29) is 11.6 Å². The summed E-state index contributed by atoms with van der Waals surface area (Å²) < 4.78 is 14.6. The summed E-state index contributed by atoms with van der Waals surface area (Å²) in [7, 11) is 0. The molecule has 1 unspecified atom stereocenters. The standard InChI is InChI=1S/C30H30N6O3/c37-30-29-28(33-36(30)24-4-3-15-39-20-24)25-5-1-2-6-26(25)35(32-29)19-21-7-9-22(10-8-21)23-11-12-27(31-18-23)34-13-16-38-17-14-34/h1-2,5-12,18,24H,3-4,13-17,19-20H2. The van der Waals surface area contributed by atoms with Crippen molar-refractivity contribution in [1.29, 1.82) is 0 Å². The fourth-order valence-corrected chi connectivity index (χ4v) is 5.55. The van der Waals surface area contributed by atoms with E-state index in [1.807, 2.05) is 35.1 Å². The Morgan fingerprint density at radius 3 is 2.44 bits per heavy atom. The van der Waals surface area contributed by atoms with E-state index in [0.717, 1.165) is 79.2 Å². The SMILES string of the molecule is O=c1c2nn(Cc3ccc(-c4ccc(N5CCOCC5)nc4)cc3)c3ccccc3c-2nn1C1CCCOC1. The molecule has 198 valence electrons. The van der Waals surface area contributed by atoms with Crippen molar-refractivity contribution in [2.75, 3.05) is 44.4 Å². The van der Waals surface area contributed by atoms with E-state index in [4.69, 9.17) is 19.7 Å². The normalized spacial score (nSPS) is 18.2. The summed E-state index contributed by atoms with van der Waals surface area (Å²) in [6, 6.07) is 20.6. The lowest BCUT2D eigenvalue weighted by Crippen LogP contribution is -2.36. The van der Waals surface area contributed by atoms with Crippen LogP contribution in [0.25, 0.3) is 33.4 Å². The van der Waals surface area contributed by atoms with Crippen molar-refractivity contribution in [3.63, 3.8) is 0 Å². The molecule has 2 saturated heterocycles. The van der Waals surface area contributed by atoms with Crippen LogP contribution in [0.3, 0.4) is 0 Å². The van der Waals surface area contributed by atoms with Gasteiger partial charge in [0.15, 0.2) is 5.69 Å². The van der Waals surface area contributed by atoms with Gasteiger partial charge in [0.2, 0.25) is 0 Å². The molecule has 0 bridgehead atoms. The van der Waals surface area contributed by atoms with Crippen LogP contribution < -0.4 is 10.5 Å². The van der Waals surface area contributed by atoms with Gasteiger partial charge in [0.1, 0.15) is 11.5 Å². The number of ether oxygens (including phenoxy) is 2. The number of para-hydroxylation sites is 1. The first-order chi connectivity index (χ1) is 19.2. The zero-order chi connectivity index (χ0) is 26.2. The van der Waals surface area contributed by atoms with Crippen LogP contribution in [-0.4, -0.2) is 64.1 Å². The average molecular weight is 523 g/mol. The van der Waals surface area contributed by atoms with Crippen LogP contribution in [-0.2, 0) is 16.0 Å². The first-order valence-electron chi connectivity index (χ1n) is 13.6. The fraction of sp³-hybridized carbons (Fsp3) is 0.333. The molecule has 9 nitrogen and oxygen atoms in total. The predicted molar refractivity (Wildman–Crippen MR) is 149 cm³/mol. The molecule has 2 aromatic carbocycles. The summed E-state index contributed by atoms with van der Waals surface area (Å²) in [5.41, 5.74) is 5.13. The van der Waals surface area contributed by atoms with Crippen LogP contribution in [0.4, 0.5) is 5.82 Å². The molecule has 1 atom stereocenters. The van der Waals surface area contributed by atoms with Gasteiger partial charge in [-0.1, -0.05) is 42.5 Å². The van der Waals surface area contributed by atoms with Gasteiger partial charge in [-0.3, -0.25) is 9.48 Å². The first-order valence-corrected chi connectivity index (χ1v) is 13.6. The number of fused-ring (bicyclic) bond motifs is 3. The lowest BCUT2D eigenvalue weighted by atomic mass is 10.1. The summed E-state index contributed by atoms with van der Waals surface area (Å²) in [5.74, 6) is 0.987. The van der Waals surface area contributed by atoms with Gasteiger partial charge in [0.25, 0.3) is 5.56 Å². The third-order valence-electron chi connectivity index (χ3n) is 7.69. The molecule has 4 aliphatic heterocycles. The molecule has 0 N–H and O–H groups in total. The largest absolute Gasteiger partial charge is 0.379 e. The lowest BCUT2D eigenvalue weighted by Gasteiger charge is -2.27. The minimum atomic E-state index is -0.150. The van der Waals surface area contributed by atoms with Gasteiger partial charge >= 0.3 is 0 Å². The summed E-state index contributed by atoms with van der Waals surface area (Å²) in [4.78, 5) is 20.3. The van der Waals surface area contributed by atoms with E-state index < -0.39 is 0 Å². The van der Waals surface area contributed by atoms with Gasteiger partial charge in [-0.15, -0.1) is 0 Å². The van der Waals surface area contributed by atoms with E-state index in [0.29, 0.717) is 24.5 Å². The summed E-state index contributed by atoms with van der Waals surface area (Å²) in [6.07, 6.45) is 3.75. The quantitative estimate of drug-likeness (QED) is 0.345. The van der Waals surface area contributed by atoms with Crippen LogP contribution in [0.2, 0.25) is 0 Å². The van der Waals surface area contributed by atoms with E-state index >= 15 is 0 Å². The maximum atomic E-state index is 13.4. The second-order valence-corrected chi connectivity index (χ2v) is 10.2. The van der Waals surface area contributed by atoms with E-state index in [1.165, 1.54) is 0 Å². The number of benzene rings is 2. The van der Waals surface area contributed by atoms with Crippen LogP contribution in [0.15, 0.2) is 71.7 Å². The molecule has 0 aliphatic carbocycles. The zero-order valence-electron chi connectivity index (χ0n) is 21.7. The Kier molecular flexibility index (Phi) is 6.30. The Morgan fingerprint density at radius 1 is 0.846 bits per heavy atom. The third-order valence-corrected chi connectivity index (χ3v) is 7.69. The molecule has 3 aromatic rings. The number of hydrogen-bond acceptors (Lipinski definition) is 7. The van der Waals surface area contributed by atoms with Crippen molar-refractivity contribution in [1.82, 2.24) is 24.5 Å². The molecular formula is C30H30N6O3. The predicted octanol–water partition coefficient (Wildman–Crippen LogP) is 4.00. The van der Waals surface area contributed by atoms with Crippen molar-refractivity contribution in [3.05, 3.63) is 82.8 Å². The number of hydrogen-bond donors (Lipinski definition) is 0. The number of rotatable bonds is 5. The molecule has 0 saturated carbocycles. The van der Waals surface area contributed by atoms with Crippen LogP contribution in [0, 0.1) is 0 Å². The minimum absolute atomic E-state index is 0.0439. The lowest BCUT2D eigenvalue weighted by molar-refractivity contribution is 0.0540. The van der Waals surface area contributed by atoms with Crippen molar-refractivity contribution >= 4 is 16.7 Å². The molecule has 0 spiro atoms. The van der Waals surface area contributed by atoms with Gasteiger partial charge in [-0.25, -0.2) is 9.67 Å². The van der Waals surface area contributed by atoms with Crippen LogP contribution in [0.1, 0.15) is 24.4 Å². The molecule has 0 amide bonds. The topological polar surface area (TPSA) is 87.3 Å². The highest BCUT2D eigenvalue weighted by Crippen LogP contribution is 2.28. The van der Waals surface area contributed by atoms with Crippen molar-refractivity contribution < 1.29 is 9.47 Å². The molecule has 4 aliphatic rings.